The summed E-state index contributed by atoms with van der Waals surface area (Å²) in [5.41, 5.74) is -0.233. The molecule has 1 aliphatic rings. The highest BCUT2D eigenvalue weighted by Gasteiger charge is 2.18. The van der Waals surface area contributed by atoms with Crippen molar-refractivity contribution in [1.29, 1.82) is 0 Å². The fourth-order valence-electron chi connectivity index (χ4n) is 2.76. The van der Waals surface area contributed by atoms with Crippen LogP contribution in [0.5, 0.6) is 0 Å². The average molecular weight is 316 g/mol. The van der Waals surface area contributed by atoms with Gasteiger partial charge in [0.2, 0.25) is 5.91 Å². The van der Waals surface area contributed by atoms with Gasteiger partial charge in [-0.15, -0.1) is 0 Å². The lowest BCUT2D eigenvalue weighted by Crippen LogP contribution is -2.39. The van der Waals surface area contributed by atoms with Gasteiger partial charge in [-0.3, -0.25) is 24.3 Å². The van der Waals surface area contributed by atoms with Crippen LogP contribution >= 0.6 is 0 Å². The number of nitrogens with zero attached hydrogens (tertiary/aromatic N) is 4. The molecular weight excluding hydrogens is 300 g/mol. The van der Waals surface area contributed by atoms with Crippen molar-refractivity contribution in [2.24, 2.45) is 0 Å². The summed E-state index contributed by atoms with van der Waals surface area (Å²) in [4.78, 5) is 40.8. The van der Waals surface area contributed by atoms with E-state index in [0.717, 1.165) is 19.3 Å². The normalized spacial score (nSPS) is 14.9. The molecule has 0 spiro atoms. The van der Waals surface area contributed by atoms with Crippen LogP contribution in [0, 0.1) is 10.1 Å². The SMILES string of the molecule is O=C(Cn1cnc2ccc([N+](=O)[O-])cc2c1=O)N1CCCCC1. The maximum atomic E-state index is 12.5. The molecule has 8 nitrogen and oxygen atoms in total. The quantitative estimate of drug-likeness (QED) is 0.628. The molecule has 0 unspecified atom stereocenters. The Bertz CT molecular complexity index is 824. The molecule has 8 heteroatoms. The van der Waals surface area contributed by atoms with Crippen LogP contribution in [-0.2, 0) is 11.3 Å². The predicted octanol–water partition coefficient (Wildman–Crippen LogP) is 1.32. The number of piperidine rings is 1. The first kappa shape index (κ1) is 15.1. The van der Waals surface area contributed by atoms with Gasteiger partial charge >= 0.3 is 0 Å². The third kappa shape index (κ3) is 3.05. The largest absolute Gasteiger partial charge is 0.341 e. The van der Waals surface area contributed by atoms with Crippen LogP contribution in [0.3, 0.4) is 0 Å². The Labute approximate surface area is 131 Å². The van der Waals surface area contributed by atoms with E-state index < -0.39 is 10.5 Å². The summed E-state index contributed by atoms with van der Waals surface area (Å²) in [6, 6.07) is 3.94. The molecule has 1 saturated heterocycles. The van der Waals surface area contributed by atoms with Gasteiger partial charge in [-0.2, -0.15) is 0 Å². The second-order valence-corrected chi connectivity index (χ2v) is 5.58. The third-order valence-corrected chi connectivity index (χ3v) is 4.03. The lowest BCUT2D eigenvalue weighted by atomic mass is 10.1. The molecule has 2 aromatic rings. The van der Waals surface area contributed by atoms with Crippen LogP contribution in [0.4, 0.5) is 5.69 Å². The number of nitro groups is 1. The molecule has 1 aromatic heterocycles. The molecule has 0 aliphatic carbocycles. The topological polar surface area (TPSA) is 98.3 Å². The monoisotopic (exact) mass is 316 g/mol. The highest BCUT2D eigenvalue weighted by Crippen LogP contribution is 2.16. The smallest absolute Gasteiger partial charge is 0.270 e. The number of carbonyl (C=O) groups is 1. The first-order chi connectivity index (χ1) is 11.1. The van der Waals surface area contributed by atoms with E-state index in [1.807, 2.05) is 0 Å². The number of rotatable bonds is 3. The lowest BCUT2D eigenvalue weighted by Gasteiger charge is -2.26. The second kappa shape index (κ2) is 6.15. The fourth-order valence-corrected chi connectivity index (χ4v) is 2.76. The van der Waals surface area contributed by atoms with Gasteiger partial charge in [0, 0.05) is 25.2 Å². The van der Waals surface area contributed by atoms with Crippen LogP contribution in [0.2, 0.25) is 0 Å². The molecular formula is C15H16N4O4. The van der Waals surface area contributed by atoms with E-state index >= 15 is 0 Å². The van der Waals surface area contributed by atoms with E-state index in [4.69, 9.17) is 0 Å². The van der Waals surface area contributed by atoms with E-state index in [2.05, 4.69) is 4.98 Å². The third-order valence-electron chi connectivity index (χ3n) is 4.03. The number of fused-ring (bicyclic) bond motifs is 1. The summed E-state index contributed by atoms with van der Waals surface area (Å²) in [7, 11) is 0. The van der Waals surface area contributed by atoms with E-state index in [0.29, 0.717) is 18.6 Å². The molecule has 1 aliphatic heterocycles. The van der Waals surface area contributed by atoms with Crippen molar-refractivity contribution >= 4 is 22.5 Å². The molecule has 0 N–H and O–H groups in total. The molecule has 0 saturated carbocycles. The summed E-state index contributed by atoms with van der Waals surface area (Å²) < 4.78 is 1.21. The number of amides is 1. The molecule has 0 atom stereocenters. The standard InChI is InChI=1S/C15H16N4O4/c20-14(17-6-2-1-3-7-17)9-18-10-16-13-5-4-11(19(22)23)8-12(13)15(18)21/h4-5,8,10H,1-3,6-7,9H2. The van der Waals surface area contributed by atoms with Crippen molar-refractivity contribution in [3.05, 3.63) is 45.0 Å². The molecule has 23 heavy (non-hydrogen) atoms. The summed E-state index contributed by atoms with van der Waals surface area (Å²) in [5, 5.41) is 11.0. The molecule has 0 radical (unpaired) electrons. The summed E-state index contributed by atoms with van der Waals surface area (Å²) in [5.74, 6) is -0.126. The minimum atomic E-state index is -0.560. The maximum absolute atomic E-state index is 12.5. The highest BCUT2D eigenvalue weighted by molar-refractivity contribution is 5.81. The van der Waals surface area contributed by atoms with E-state index in [1.165, 1.54) is 29.1 Å². The van der Waals surface area contributed by atoms with Crippen molar-refractivity contribution in [3.8, 4) is 0 Å². The Morgan fingerprint density at radius 1 is 1.26 bits per heavy atom. The summed E-state index contributed by atoms with van der Waals surface area (Å²) >= 11 is 0. The summed E-state index contributed by atoms with van der Waals surface area (Å²) in [6.45, 7) is 1.32. The minimum Gasteiger partial charge on any atom is -0.341 e. The van der Waals surface area contributed by atoms with Crippen LogP contribution in [0.25, 0.3) is 10.9 Å². The fraction of sp³-hybridized carbons (Fsp3) is 0.400. The number of likely N-dealkylation sites (tertiary alicyclic amines) is 1. The van der Waals surface area contributed by atoms with Gasteiger partial charge in [0.05, 0.1) is 22.2 Å². The van der Waals surface area contributed by atoms with Gasteiger partial charge in [-0.1, -0.05) is 0 Å². The molecule has 120 valence electrons. The van der Waals surface area contributed by atoms with E-state index in [-0.39, 0.29) is 23.5 Å². The molecule has 0 bridgehead atoms. The van der Waals surface area contributed by atoms with Crippen LogP contribution in [-0.4, -0.2) is 38.4 Å². The summed E-state index contributed by atoms with van der Waals surface area (Å²) in [6.07, 6.45) is 4.38. The first-order valence-electron chi connectivity index (χ1n) is 7.47. The molecule has 3 rings (SSSR count). The van der Waals surface area contributed by atoms with Crippen molar-refractivity contribution < 1.29 is 9.72 Å². The number of carbonyl (C=O) groups excluding carboxylic acids is 1. The molecule has 2 heterocycles. The van der Waals surface area contributed by atoms with Gasteiger partial charge in [0.15, 0.2) is 0 Å². The number of hydrogen-bond donors (Lipinski definition) is 0. The van der Waals surface area contributed by atoms with Crippen LogP contribution in [0.1, 0.15) is 19.3 Å². The van der Waals surface area contributed by atoms with Gasteiger partial charge < -0.3 is 4.90 Å². The average Bonchev–Trinajstić information content (AvgIpc) is 2.58. The van der Waals surface area contributed by atoms with Gasteiger partial charge in [-0.25, -0.2) is 4.98 Å². The maximum Gasteiger partial charge on any atom is 0.270 e. The van der Waals surface area contributed by atoms with Gasteiger partial charge in [0.25, 0.3) is 11.2 Å². The van der Waals surface area contributed by atoms with Crippen molar-refractivity contribution in [3.63, 3.8) is 0 Å². The number of hydrogen-bond acceptors (Lipinski definition) is 5. The lowest BCUT2D eigenvalue weighted by molar-refractivity contribution is -0.384. The van der Waals surface area contributed by atoms with Crippen molar-refractivity contribution in [1.82, 2.24) is 14.5 Å². The first-order valence-corrected chi connectivity index (χ1v) is 7.47. The highest BCUT2D eigenvalue weighted by atomic mass is 16.6. The zero-order valence-electron chi connectivity index (χ0n) is 12.5. The number of aromatic nitrogens is 2. The zero-order chi connectivity index (χ0) is 16.4. The minimum absolute atomic E-state index is 0.0928. The van der Waals surface area contributed by atoms with E-state index in [1.54, 1.807) is 4.90 Å². The zero-order valence-corrected chi connectivity index (χ0v) is 12.5. The second-order valence-electron chi connectivity index (χ2n) is 5.58. The van der Waals surface area contributed by atoms with Crippen molar-refractivity contribution in [2.45, 2.75) is 25.8 Å². The Balaban J connectivity index is 1.91. The van der Waals surface area contributed by atoms with Crippen LogP contribution in [0.15, 0.2) is 29.3 Å². The van der Waals surface area contributed by atoms with Crippen molar-refractivity contribution in [2.75, 3.05) is 13.1 Å². The number of benzene rings is 1. The van der Waals surface area contributed by atoms with Gasteiger partial charge in [-0.05, 0) is 25.3 Å². The number of nitro benzene ring substituents is 1. The molecule has 1 aromatic carbocycles. The Hall–Kier alpha value is -2.77. The Kier molecular flexibility index (Phi) is 4.05. The Morgan fingerprint density at radius 3 is 2.70 bits per heavy atom. The van der Waals surface area contributed by atoms with E-state index in [9.17, 15) is 19.7 Å². The Morgan fingerprint density at radius 2 is 2.00 bits per heavy atom. The number of non-ortho nitro benzene ring substituents is 1. The molecule has 1 amide bonds. The van der Waals surface area contributed by atoms with Gasteiger partial charge in [0.1, 0.15) is 6.54 Å². The molecule has 1 fully saturated rings. The van der Waals surface area contributed by atoms with Crippen LogP contribution < -0.4 is 5.56 Å². The predicted molar refractivity (Wildman–Crippen MR) is 83.1 cm³/mol.